The molecule has 0 spiro atoms. The number of carbonyl (C=O) groups is 1. The first-order chi connectivity index (χ1) is 9.00. The fourth-order valence-corrected chi connectivity index (χ4v) is 3.73. The Balaban J connectivity index is 2.33. The summed E-state index contributed by atoms with van der Waals surface area (Å²) in [5.41, 5.74) is 0.726. The van der Waals surface area contributed by atoms with Crippen molar-refractivity contribution in [2.24, 2.45) is 0 Å². The van der Waals surface area contributed by atoms with Gasteiger partial charge < -0.3 is 10.0 Å². The van der Waals surface area contributed by atoms with Crippen LogP contribution in [0.5, 0.6) is 0 Å². The number of aromatic carboxylic acids is 1. The van der Waals surface area contributed by atoms with Gasteiger partial charge in [0.25, 0.3) is 0 Å². The van der Waals surface area contributed by atoms with Crippen LogP contribution < -0.4 is 4.90 Å². The van der Waals surface area contributed by atoms with Crippen LogP contribution in [0.1, 0.15) is 67.7 Å². The minimum absolute atomic E-state index is 0.151. The van der Waals surface area contributed by atoms with Crippen molar-refractivity contribution in [1.82, 2.24) is 4.98 Å². The van der Waals surface area contributed by atoms with E-state index in [2.05, 4.69) is 16.8 Å². The fourth-order valence-electron chi connectivity index (χ4n) is 2.55. The van der Waals surface area contributed by atoms with Gasteiger partial charge in [0.1, 0.15) is 4.88 Å². The van der Waals surface area contributed by atoms with Crippen LogP contribution in [0.25, 0.3) is 0 Å². The van der Waals surface area contributed by atoms with E-state index >= 15 is 0 Å². The summed E-state index contributed by atoms with van der Waals surface area (Å²) < 4.78 is 0. The monoisotopic (exact) mass is 282 g/mol. The third kappa shape index (κ3) is 3.08. The van der Waals surface area contributed by atoms with Crippen LogP contribution in [0.4, 0.5) is 5.13 Å². The Kier molecular flexibility index (Phi) is 4.45. The van der Waals surface area contributed by atoms with E-state index in [0.717, 1.165) is 17.4 Å². The lowest BCUT2D eigenvalue weighted by Crippen LogP contribution is -2.32. The highest BCUT2D eigenvalue weighted by atomic mass is 32.1. The molecule has 1 N–H and O–H groups in total. The number of carboxylic acid groups (broad SMARTS) is 1. The van der Waals surface area contributed by atoms with E-state index in [1.54, 1.807) is 0 Å². The van der Waals surface area contributed by atoms with Crippen molar-refractivity contribution in [3.05, 3.63) is 10.6 Å². The molecule has 0 amide bonds. The van der Waals surface area contributed by atoms with Crippen molar-refractivity contribution in [3.63, 3.8) is 0 Å². The van der Waals surface area contributed by atoms with Gasteiger partial charge in [-0.1, -0.05) is 38.0 Å². The highest BCUT2D eigenvalue weighted by Crippen LogP contribution is 2.33. The maximum atomic E-state index is 11.3. The number of hydrogen-bond acceptors (Lipinski definition) is 4. The Morgan fingerprint density at radius 2 is 2.16 bits per heavy atom. The number of aromatic nitrogens is 1. The van der Waals surface area contributed by atoms with Gasteiger partial charge in [-0.25, -0.2) is 9.78 Å². The molecule has 2 rings (SSSR count). The van der Waals surface area contributed by atoms with Gasteiger partial charge >= 0.3 is 5.97 Å². The largest absolute Gasteiger partial charge is 0.477 e. The second kappa shape index (κ2) is 5.90. The van der Waals surface area contributed by atoms with Crippen LogP contribution in [0.3, 0.4) is 0 Å². The summed E-state index contributed by atoms with van der Waals surface area (Å²) in [7, 11) is 0. The molecular weight excluding hydrogens is 260 g/mol. The molecule has 1 unspecified atom stereocenters. The lowest BCUT2D eigenvalue weighted by atomic mass is 10.1. The molecule has 0 saturated carbocycles. The van der Waals surface area contributed by atoms with Gasteiger partial charge in [0.05, 0.1) is 5.69 Å². The number of anilines is 1. The topological polar surface area (TPSA) is 53.4 Å². The summed E-state index contributed by atoms with van der Waals surface area (Å²) in [4.78, 5) is 18.6. The van der Waals surface area contributed by atoms with Gasteiger partial charge in [-0.05, 0) is 25.7 Å². The zero-order chi connectivity index (χ0) is 14.0. The van der Waals surface area contributed by atoms with Crippen molar-refractivity contribution in [3.8, 4) is 0 Å². The smallest absolute Gasteiger partial charge is 0.347 e. The van der Waals surface area contributed by atoms with E-state index in [0.29, 0.717) is 10.9 Å². The van der Waals surface area contributed by atoms with Crippen molar-refractivity contribution >= 4 is 22.4 Å². The quantitative estimate of drug-likeness (QED) is 0.917. The van der Waals surface area contributed by atoms with Gasteiger partial charge in [-0.15, -0.1) is 0 Å². The summed E-state index contributed by atoms with van der Waals surface area (Å²) in [5.74, 6) is -0.701. The molecule has 0 bridgehead atoms. The van der Waals surface area contributed by atoms with E-state index < -0.39 is 5.97 Å². The molecule has 4 nitrogen and oxygen atoms in total. The Morgan fingerprint density at radius 3 is 2.74 bits per heavy atom. The van der Waals surface area contributed by atoms with E-state index in [-0.39, 0.29) is 5.92 Å². The molecule has 1 fully saturated rings. The predicted octanol–water partition coefficient (Wildman–Crippen LogP) is 3.73. The van der Waals surface area contributed by atoms with Crippen LogP contribution in [-0.4, -0.2) is 28.6 Å². The number of nitrogens with zero attached hydrogens (tertiary/aromatic N) is 2. The minimum Gasteiger partial charge on any atom is -0.477 e. The van der Waals surface area contributed by atoms with E-state index in [1.165, 1.54) is 37.0 Å². The first-order valence-electron chi connectivity index (χ1n) is 7.01. The summed E-state index contributed by atoms with van der Waals surface area (Å²) in [6.07, 6.45) is 4.85. The third-order valence-corrected chi connectivity index (χ3v) is 4.78. The maximum absolute atomic E-state index is 11.3. The average Bonchev–Trinajstić information content (AvgIpc) is 2.68. The minimum atomic E-state index is -0.852. The molecule has 0 aliphatic carbocycles. The SMILES string of the molecule is CC(C)c1nc(N2CCCCCC2C)sc1C(=O)O. The number of carboxylic acids is 1. The molecule has 1 aromatic heterocycles. The average molecular weight is 282 g/mol. The predicted molar refractivity (Wildman–Crippen MR) is 78.4 cm³/mol. The van der Waals surface area contributed by atoms with Crippen molar-refractivity contribution in [1.29, 1.82) is 0 Å². The molecule has 1 aromatic rings. The van der Waals surface area contributed by atoms with Gasteiger partial charge in [0.2, 0.25) is 0 Å². The van der Waals surface area contributed by atoms with Crippen molar-refractivity contribution in [2.45, 2.75) is 58.4 Å². The third-order valence-electron chi connectivity index (χ3n) is 3.68. The van der Waals surface area contributed by atoms with Crippen LogP contribution in [0, 0.1) is 0 Å². The summed E-state index contributed by atoms with van der Waals surface area (Å²) in [5, 5.41) is 10.2. The Hall–Kier alpha value is -1.10. The lowest BCUT2D eigenvalue weighted by Gasteiger charge is -2.26. The highest BCUT2D eigenvalue weighted by Gasteiger charge is 2.25. The first kappa shape index (κ1) is 14.3. The summed E-state index contributed by atoms with van der Waals surface area (Å²) >= 11 is 1.33. The van der Waals surface area contributed by atoms with Crippen molar-refractivity contribution in [2.75, 3.05) is 11.4 Å². The molecule has 1 saturated heterocycles. The molecule has 2 heterocycles. The number of rotatable bonds is 3. The second-order valence-corrected chi connectivity index (χ2v) is 6.54. The number of hydrogen-bond donors (Lipinski definition) is 1. The Morgan fingerprint density at radius 1 is 1.42 bits per heavy atom. The zero-order valence-electron chi connectivity index (χ0n) is 11.8. The molecule has 1 atom stereocenters. The van der Waals surface area contributed by atoms with Gasteiger partial charge in [0, 0.05) is 12.6 Å². The zero-order valence-corrected chi connectivity index (χ0v) is 12.7. The molecule has 106 valence electrons. The summed E-state index contributed by atoms with van der Waals surface area (Å²) in [6.45, 7) is 7.20. The molecule has 1 aliphatic heterocycles. The van der Waals surface area contributed by atoms with Crippen molar-refractivity contribution < 1.29 is 9.90 Å². The second-order valence-electron chi connectivity index (χ2n) is 5.56. The molecule has 0 radical (unpaired) electrons. The Labute approximate surface area is 118 Å². The molecule has 19 heavy (non-hydrogen) atoms. The normalized spacial score (nSPS) is 20.6. The van der Waals surface area contributed by atoms with Gasteiger partial charge in [-0.2, -0.15) is 0 Å². The molecule has 5 heteroatoms. The van der Waals surface area contributed by atoms with Crippen LogP contribution in [0.15, 0.2) is 0 Å². The molecule has 0 aromatic carbocycles. The van der Waals surface area contributed by atoms with Gasteiger partial charge in [-0.3, -0.25) is 0 Å². The molecule has 1 aliphatic rings. The first-order valence-corrected chi connectivity index (χ1v) is 7.83. The standard InChI is InChI=1S/C14H22N2O2S/c1-9(2)11-12(13(17)18)19-14(15-11)16-8-6-4-5-7-10(16)3/h9-10H,4-8H2,1-3H3,(H,17,18). The van der Waals surface area contributed by atoms with Gasteiger partial charge in [0.15, 0.2) is 5.13 Å². The van der Waals surface area contributed by atoms with E-state index in [9.17, 15) is 9.90 Å². The van der Waals surface area contributed by atoms with E-state index in [1.807, 2.05) is 13.8 Å². The fraction of sp³-hybridized carbons (Fsp3) is 0.714. The van der Waals surface area contributed by atoms with Crippen LogP contribution >= 0.6 is 11.3 Å². The maximum Gasteiger partial charge on any atom is 0.347 e. The molecular formula is C14H22N2O2S. The highest BCUT2D eigenvalue weighted by molar-refractivity contribution is 7.17. The van der Waals surface area contributed by atoms with E-state index in [4.69, 9.17) is 0 Å². The van der Waals surface area contributed by atoms with Crippen LogP contribution in [0.2, 0.25) is 0 Å². The lowest BCUT2D eigenvalue weighted by molar-refractivity contribution is 0.0700. The van der Waals surface area contributed by atoms with Crippen LogP contribution in [-0.2, 0) is 0 Å². The number of thiazole rings is 1. The Bertz CT molecular complexity index is 456. The summed E-state index contributed by atoms with van der Waals surface area (Å²) in [6, 6.07) is 0.454.